The van der Waals surface area contributed by atoms with E-state index >= 15 is 0 Å². The average Bonchev–Trinajstić information content (AvgIpc) is 2.57. The van der Waals surface area contributed by atoms with E-state index in [2.05, 4.69) is 5.32 Å². The van der Waals surface area contributed by atoms with E-state index in [9.17, 15) is 9.90 Å². The largest absolute Gasteiger partial charge is 0.385 e. The fraction of sp³-hybridized carbons (Fsp3) is 0.316. The SMILES string of the molecule is O=C(Nc1cccc(C2(O)CCCCC2)c1)c1ccccc1. The molecule has 0 unspecified atom stereocenters. The molecule has 2 aromatic carbocycles. The summed E-state index contributed by atoms with van der Waals surface area (Å²) in [5, 5.41) is 13.7. The van der Waals surface area contributed by atoms with Gasteiger partial charge in [-0.1, -0.05) is 49.6 Å². The zero-order chi connectivity index (χ0) is 15.4. The van der Waals surface area contributed by atoms with Crippen LogP contribution in [-0.2, 0) is 5.60 Å². The third-order valence-electron chi connectivity index (χ3n) is 4.37. The molecule has 2 N–H and O–H groups in total. The molecule has 0 spiro atoms. The maximum absolute atomic E-state index is 12.2. The van der Waals surface area contributed by atoms with Gasteiger partial charge in [0.1, 0.15) is 0 Å². The first-order valence-corrected chi connectivity index (χ1v) is 7.87. The summed E-state index contributed by atoms with van der Waals surface area (Å²) in [5.41, 5.74) is 1.51. The Hall–Kier alpha value is -2.13. The zero-order valence-electron chi connectivity index (χ0n) is 12.6. The maximum Gasteiger partial charge on any atom is 0.255 e. The molecular formula is C19H21NO2. The Bertz CT molecular complexity index is 645. The van der Waals surface area contributed by atoms with E-state index in [4.69, 9.17) is 0 Å². The molecule has 0 radical (unpaired) electrons. The molecule has 0 atom stereocenters. The highest BCUT2D eigenvalue weighted by Gasteiger charge is 2.31. The molecule has 3 rings (SSSR count). The summed E-state index contributed by atoms with van der Waals surface area (Å²) >= 11 is 0. The fourth-order valence-electron chi connectivity index (χ4n) is 3.10. The van der Waals surface area contributed by atoms with Gasteiger partial charge in [-0.05, 0) is 42.7 Å². The monoisotopic (exact) mass is 295 g/mol. The molecule has 0 bridgehead atoms. The van der Waals surface area contributed by atoms with Gasteiger partial charge in [-0.2, -0.15) is 0 Å². The molecule has 3 nitrogen and oxygen atoms in total. The van der Waals surface area contributed by atoms with E-state index < -0.39 is 5.60 Å². The fourth-order valence-corrected chi connectivity index (χ4v) is 3.10. The number of aliphatic hydroxyl groups is 1. The van der Waals surface area contributed by atoms with E-state index in [-0.39, 0.29) is 5.91 Å². The minimum absolute atomic E-state index is 0.131. The summed E-state index contributed by atoms with van der Waals surface area (Å²) in [6.07, 6.45) is 4.88. The van der Waals surface area contributed by atoms with Crippen LogP contribution in [0.15, 0.2) is 54.6 Å². The van der Waals surface area contributed by atoms with Crippen molar-refractivity contribution in [3.05, 3.63) is 65.7 Å². The lowest BCUT2D eigenvalue weighted by molar-refractivity contribution is -0.000588. The van der Waals surface area contributed by atoms with E-state index in [1.807, 2.05) is 42.5 Å². The van der Waals surface area contributed by atoms with Crippen LogP contribution in [0.2, 0.25) is 0 Å². The van der Waals surface area contributed by atoms with Crippen LogP contribution in [0.5, 0.6) is 0 Å². The molecule has 22 heavy (non-hydrogen) atoms. The van der Waals surface area contributed by atoms with Crippen molar-refractivity contribution in [2.45, 2.75) is 37.7 Å². The van der Waals surface area contributed by atoms with Gasteiger partial charge in [0, 0.05) is 11.3 Å². The van der Waals surface area contributed by atoms with E-state index in [0.29, 0.717) is 5.56 Å². The topological polar surface area (TPSA) is 49.3 Å². The third-order valence-corrected chi connectivity index (χ3v) is 4.37. The lowest BCUT2D eigenvalue weighted by Crippen LogP contribution is -2.28. The first-order valence-electron chi connectivity index (χ1n) is 7.87. The number of amides is 1. The van der Waals surface area contributed by atoms with Gasteiger partial charge >= 0.3 is 0 Å². The van der Waals surface area contributed by atoms with Crippen LogP contribution >= 0.6 is 0 Å². The Balaban J connectivity index is 1.78. The number of benzene rings is 2. The molecule has 1 aliphatic rings. The van der Waals surface area contributed by atoms with Crippen molar-refractivity contribution in [3.63, 3.8) is 0 Å². The van der Waals surface area contributed by atoms with Crippen LogP contribution in [0.4, 0.5) is 5.69 Å². The predicted molar refractivity (Wildman–Crippen MR) is 87.8 cm³/mol. The third kappa shape index (κ3) is 3.20. The average molecular weight is 295 g/mol. The van der Waals surface area contributed by atoms with Crippen molar-refractivity contribution < 1.29 is 9.90 Å². The van der Waals surface area contributed by atoms with Crippen LogP contribution in [0.3, 0.4) is 0 Å². The molecule has 2 aromatic rings. The zero-order valence-corrected chi connectivity index (χ0v) is 12.6. The smallest absolute Gasteiger partial charge is 0.255 e. The second kappa shape index (κ2) is 6.32. The summed E-state index contributed by atoms with van der Waals surface area (Å²) in [7, 11) is 0. The highest BCUT2D eigenvalue weighted by atomic mass is 16.3. The Morgan fingerprint density at radius 1 is 0.955 bits per heavy atom. The Morgan fingerprint density at radius 2 is 1.68 bits per heavy atom. The number of nitrogens with one attached hydrogen (secondary N) is 1. The summed E-state index contributed by atoms with van der Waals surface area (Å²) in [5.74, 6) is -0.131. The Morgan fingerprint density at radius 3 is 2.41 bits per heavy atom. The lowest BCUT2D eigenvalue weighted by Gasteiger charge is -2.32. The molecule has 1 aliphatic carbocycles. The predicted octanol–water partition coefficient (Wildman–Crippen LogP) is 4.09. The normalized spacial score (nSPS) is 17.0. The molecule has 0 heterocycles. The molecular weight excluding hydrogens is 274 g/mol. The summed E-state index contributed by atoms with van der Waals surface area (Å²) < 4.78 is 0. The van der Waals surface area contributed by atoms with Gasteiger partial charge in [0.05, 0.1) is 5.60 Å². The van der Waals surface area contributed by atoms with Gasteiger partial charge in [-0.25, -0.2) is 0 Å². The van der Waals surface area contributed by atoms with Crippen LogP contribution < -0.4 is 5.32 Å². The maximum atomic E-state index is 12.2. The highest BCUT2D eigenvalue weighted by Crippen LogP contribution is 2.37. The number of hydrogen-bond donors (Lipinski definition) is 2. The van der Waals surface area contributed by atoms with Gasteiger partial charge in [0.15, 0.2) is 0 Å². The van der Waals surface area contributed by atoms with Crippen LogP contribution in [0.25, 0.3) is 0 Å². The van der Waals surface area contributed by atoms with Gasteiger partial charge in [0.2, 0.25) is 0 Å². The lowest BCUT2D eigenvalue weighted by atomic mass is 9.79. The second-order valence-corrected chi connectivity index (χ2v) is 5.99. The number of carbonyl (C=O) groups is 1. The highest BCUT2D eigenvalue weighted by molar-refractivity contribution is 6.04. The number of hydrogen-bond acceptors (Lipinski definition) is 2. The minimum atomic E-state index is -0.744. The summed E-state index contributed by atoms with van der Waals surface area (Å²) in [6.45, 7) is 0. The molecule has 0 aliphatic heterocycles. The van der Waals surface area contributed by atoms with Crippen molar-refractivity contribution in [1.82, 2.24) is 0 Å². The van der Waals surface area contributed by atoms with Crippen molar-refractivity contribution in [2.24, 2.45) is 0 Å². The molecule has 1 amide bonds. The molecule has 1 saturated carbocycles. The van der Waals surface area contributed by atoms with Crippen LogP contribution in [0, 0.1) is 0 Å². The van der Waals surface area contributed by atoms with Crippen molar-refractivity contribution in [1.29, 1.82) is 0 Å². The van der Waals surface area contributed by atoms with E-state index in [1.165, 1.54) is 6.42 Å². The standard InChI is InChI=1S/C19H21NO2/c21-18(15-8-3-1-4-9-15)20-17-11-7-10-16(14-17)19(22)12-5-2-6-13-19/h1,3-4,7-11,14,22H,2,5-6,12-13H2,(H,20,21). The minimum Gasteiger partial charge on any atom is -0.385 e. The van der Waals surface area contributed by atoms with Crippen molar-refractivity contribution in [2.75, 3.05) is 5.32 Å². The van der Waals surface area contributed by atoms with Gasteiger partial charge in [0.25, 0.3) is 5.91 Å². The summed E-state index contributed by atoms with van der Waals surface area (Å²) in [4.78, 5) is 12.2. The van der Waals surface area contributed by atoms with Crippen molar-refractivity contribution >= 4 is 11.6 Å². The number of rotatable bonds is 3. The van der Waals surface area contributed by atoms with Gasteiger partial charge in [-0.3, -0.25) is 4.79 Å². The van der Waals surface area contributed by atoms with Gasteiger partial charge in [-0.15, -0.1) is 0 Å². The van der Waals surface area contributed by atoms with Crippen molar-refractivity contribution in [3.8, 4) is 0 Å². The van der Waals surface area contributed by atoms with Crippen LogP contribution in [0.1, 0.15) is 48.0 Å². The molecule has 0 saturated heterocycles. The Kier molecular flexibility index (Phi) is 4.25. The molecule has 114 valence electrons. The first-order chi connectivity index (χ1) is 10.7. The van der Waals surface area contributed by atoms with Gasteiger partial charge < -0.3 is 10.4 Å². The second-order valence-electron chi connectivity index (χ2n) is 5.99. The number of carbonyl (C=O) groups excluding carboxylic acids is 1. The summed E-state index contributed by atoms with van der Waals surface area (Å²) in [6, 6.07) is 16.7. The van der Waals surface area contributed by atoms with E-state index in [1.54, 1.807) is 12.1 Å². The molecule has 0 aromatic heterocycles. The van der Waals surface area contributed by atoms with E-state index in [0.717, 1.165) is 36.9 Å². The quantitative estimate of drug-likeness (QED) is 0.896. The first kappa shape index (κ1) is 14.8. The van der Waals surface area contributed by atoms with Crippen LogP contribution in [-0.4, -0.2) is 11.0 Å². The number of anilines is 1. The molecule has 3 heteroatoms. The molecule has 1 fully saturated rings. The Labute approximate surface area is 131 Å².